The maximum atomic E-state index is 13.5. The average Bonchev–Trinajstić information content (AvgIpc) is 3.05. The van der Waals surface area contributed by atoms with Gasteiger partial charge in [-0.1, -0.05) is 6.07 Å². The van der Waals surface area contributed by atoms with Crippen LogP contribution in [-0.4, -0.2) is 18.4 Å². The average molecular weight is 364 g/mol. The first-order chi connectivity index (χ1) is 10.6. The molecule has 0 amide bonds. The number of carbonyl (C=O) groups excluding carboxylic acids is 2. The highest BCUT2D eigenvalue weighted by Gasteiger charge is 2.43. The van der Waals surface area contributed by atoms with Crippen LogP contribution in [0.5, 0.6) is 0 Å². The minimum atomic E-state index is -0.479. The Balaban J connectivity index is 1.91. The number of carbonyl (C=O) groups is 2. The number of hydrogen-bond acceptors (Lipinski definition) is 4. The van der Waals surface area contributed by atoms with Crippen LogP contribution in [0.25, 0.3) is 0 Å². The number of ketones is 1. The predicted molar refractivity (Wildman–Crippen MR) is 79.2 cm³/mol. The smallest absolute Gasteiger partial charge is 0.337 e. The van der Waals surface area contributed by atoms with Crippen LogP contribution in [0.15, 0.2) is 45.2 Å². The Hall–Kier alpha value is -1.95. The molecule has 6 heteroatoms. The Labute approximate surface area is 134 Å². The number of rotatable bonds is 1. The van der Waals surface area contributed by atoms with Gasteiger partial charge in [-0.25, -0.2) is 9.18 Å². The van der Waals surface area contributed by atoms with Gasteiger partial charge in [0.2, 0.25) is 0 Å². The fourth-order valence-electron chi connectivity index (χ4n) is 3.30. The molecule has 0 unspecified atom stereocenters. The van der Waals surface area contributed by atoms with E-state index in [0.717, 1.165) is 5.70 Å². The fraction of sp³-hybridized carbons (Fsp3) is 0.250. The van der Waals surface area contributed by atoms with Crippen LogP contribution in [0.4, 0.5) is 4.39 Å². The maximum Gasteiger partial charge on any atom is 0.337 e. The van der Waals surface area contributed by atoms with E-state index in [-0.39, 0.29) is 18.2 Å². The van der Waals surface area contributed by atoms with Gasteiger partial charge in [-0.3, -0.25) is 4.79 Å². The molecular weight excluding hydrogens is 353 g/mol. The van der Waals surface area contributed by atoms with Gasteiger partial charge in [-0.2, -0.15) is 0 Å². The van der Waals surface area contributed by atoms with E-state index < -0.39 is 11.9 Å². The molecular formula is C16H11BrFNO3. The lowest BCUT2D eigenvalue weighted by molar-refractivity contribution is -0.136. The van der Waals surface area contributed by atoms with E-state index in [2.05, 4.69) is 21.2 Å². The SMILES string of the molecule is O=C1CCC2=C1[C@@H](c1ccc(F)c(Br)c1)C1=C(COC1=O)N2. The number of dihydropyridines is 1. The Morgan fingerprint density at radius 1 is 1.18 bits per heavy atom. The second kappa shape index (κ2) is 4.78. The molecule has 0 fully saturated rings. The summed E-state index contributed by atoms with van der Waals surface area (Å²) in [5, 5.41) is 3.17. The number of esters is 1. The molecule has 22 heavy (non-hydrogen) atoms. The summed E-state index contributed by atoms with van der Waals surface area (Å²) >= 11 is 3.16. The number of hydrogen-bond donors (Lipinski definition) is 1. The van der Waals surface area contributed by atoms with E-state index in [9.17, 15) is 14.0 Å². The van der Waals surface area contributed by atoms with Crippen LogP contribution in [0.1, 0.15) is 24.3 Å². The lowest BCUT2D eigenvalue weighted by atomic mass is 9.81. The first kappa shape index (κ1) is 13.7. The van der Waals surface area contributed by atoms with E-state index in [1.165, 1.54) is 6.07 Å². The Morgan fingerprint density at radius 2 is 2.00 bits per heavy atom. The summed E-state index contributed by atoms with van der Waals surface area (Å²) in [4.78, 5) is 24.4. The normalized spacial score (nSPS) is 23.5. The number of halogens is 2. The Kier molecular flexibility index (Phi) is 2.97. The molecule has 1 N–H and O–H groups in total. The zero-order chi connectivity index (χ0) is 15.4. The summed E-state index contributed by atoms with van der Waals surface area (Å²) in [6.45, 7) is 0.192. The van der Waals surface area contributed by atoms with Crippen molar-refractivity contribution >= 4 is 27.7 Å². The standard InChI is InChI=1S/C16H11BrFNO3/c17-8-5-7(1-2-9(8)18)13-14-10(3-4-12(14)20)19-11-6-22-16(21)15(11)13/h1-2,5,13,19H,3-4,6H2/t13-/m1/s1. The molecule has 0 saturated carbocycles. The molecule has 3 aliphatic rings. The van der Waals surface area contributed by atoms with Gasteiger partial charge in [-0.05, 0) is 40.0 Å². The van der Waals surface area contributed by atoms with Crippen molar-refractivity contribution in [2.75, 3.05) is 6.61 Å². The largest absolute Gasteiger partial charge is 0.456 e. The lowest BCUT2D eigenvalue weighted by Crippen LogP contribution is -2.26. The van der Waals surface area contributed by atoms with E-state index in [4.69, 9.17) is 4.74 Å². The molecule has 2 heterocycles. The van der Waals surface area contributed by atoms with Crippen molar-refractivity contribution in [3.05, 3.63) is 56.6 Å². The first-order valence-electron chi connectivity index (χ1n) is 6.94. The molecule has 1 aromatic rings. The second-order valence-corrected chi connectivity index (χ2v) is 6.37. The van der Waals surface area contributed by atoms with Crippen molar-refractivity contribution in [1.82, 2.24) is 5.32 Å². The summed E-state index contributed by atoms with van der Waals surface area (Å²) in [6, 6.07) is 4.57. The van der Waals surface area contributed by atoms with E-state index in [1.807, 2.05) is 0 Å². The van der Waals surface area contributed by atoms with E-state index in [1.54, 1.807) is 12.1 Å². The van der Waals surface area contributed by atoms with Crippen molar-refractivity contribution < 1.29 is 18.7 Å². The third-order valence-electron chi connectivity index (χ3n) is 4.28. The minimum absolute atomic E-state index is 0.0270. The summed E-state index contributed by atoms with van der Waals surface area (Å²) in [7, 11) is 0. The van der Waals surface area contributed by atoms with Gasteiger partial charge < -0.3 is 10.1 Å². The van der Waals surface area contributed by atoms with Crippen LogP contribution < -0.4 is 5.32 Å². The maximum absolute atomic E-state index is 13.5. The number of benzene rings is 1. The zero-order valence-electron chi connectivity index (χ0n) is 11.4. The topological polar surface area (TPSA) is 55.4 Å². The number of nitrogens with one attached hydrogen (secondary N) is 1. The molecule has 0 spiro atoms. The van der Waals surface area contributed by atoms with Crippen LogP contribution in [0, 0.1) is 5.82 Å². The third kappa shape index (κ3) is 1.86. The highest BCUT2D eigenvalue weighted by molar-refractivity contribution is 9.10. The first-order valence-corrected chi connectivity index (χ1v) is 7.74. The van der Waals surface area contributed by atoms with Gasteiger partial charge >= 0.3 is 5.97 Å². The molecule has 112 valence electrons. The number of allylic oxidation sites excluding steroid dienone is 2. The van der Waals surface area contributed by atoms with Crippen molar-refractivity contribution in [2.45, 2.75) is 18.8 Å². The minimum Gasteiger partial charge on any atom is -0.456 e. The summed E-state index contributed by atoms with van der Waals surface area (Å²) in [6.07, 6.45) is 1.07. The molecule has 0 bridgehead atoms. The van der Waals surface area contributed by atoms with Crippen molar-refractivity contribution in [3.63, 3.8) is 0 Å². The van der Waals surface area contributed by atoms with Crippen LogP contribution in [0.3, 0.4) is 0 Å². The van der Waals surface area contributed by atoms with Crippen molar-refractivity contribution in [3.8, 4) is 0 Å². The van der Waals surface area contributed by atoms with Crippen molar-refractivity contribution in [2.24, 2.45) is 0 Å². The highest BCUT2D eigenvalue weighted by Crippen LogP contribution is 2.45. The van der Waals surface area contributed by atoms with Gasteiger partial charge in [0.05, 0.1) is 15.7 Å². The molecule has 1 atom stereocenters. The molecule has 2 aliphatic heterocycles. The van der Waals surface area contributed by atoms with Gasteiger partial charge in [0.15, 0.2) is 5.78 Å². The summed E-state index contributed by atoms with van der Waals surface area (Å²) in [5.41, 5.74) is 3.35. The Morgan fingerprint density at radius 3 is 2.77 bits per heavy atom. The molecule has 4 nitrogen and oxygen atoms in total. The van der Waals surface area contributed by atoms with E-state index >= 15 is 0 Å². The number of cyclic esters (lactones) is 1. The molecule has 1 aromatic carbocycles. The quantitative estimate of drug-likeness (QED) is 0.779. The lowest BCUT2D eigenvalue weighted by Gasteiger charge is -2.26. The van der Waals surface area contributed by atoms with Crippen LogP contribution in [-0.2, 0) is 14.3 Å². The fourth-order valence-corrected chi connectivity index (χ4v) is 3.70. The van der Waals surface area contributed by atoms with Crippen molar-refractivity contribution in [1.29, 1.82) is 0 Å². The molecule has 1 aliphatic carbocycles. The Bertz CT molecular complexity index is 757. The number of Topliss-reactive ketones (excluding diaryl/α,β-unsaturated/α-hetero) is 1. The molecule has 0 aromatic heterocycles. The molecule has 0 radical (unpaired) electrons. The highest BCUT2D eigenvalue weighted by atomic mass is 79.9. The second-order valence-electron chi connectivity index (χ2n) is 5.52. The molecule has 0 saturated heterocycles. The predicted octanol–water partition coefficient (Wildman–Crippen LogP) is 2.70. The number of ether oxygens (including phenoxy) is 1. The summed E-state index contributed by atoms with van der Waals surface area (Å²) < 4.78 is 18.9. The van der Waals surface area contributed by atoms with Crippen LogP contribution >= 0.6 is 15.9 Å². The zero-order valence-corrected chi connectivity index (χ0v) is 13.0. The van der Waals surface area contributed by atoms with Gasteiger partial charge in [0, 0.05) is 23.6 Å². The van der Waals surface area contributed by atoms with E-state index in [0.29, 0.717) is 39.7 Å². The van der Waals surface area contributed by atoms with Gasteiger partial charge in [-0.15, -0.1) is 0 Å². The summed E-state index contributed by atoms with van der Waals surface area (Å²) in [5.74, 6) is -1.25. The molecule has 4 rings (SSSR count). The monoisotopic (exact) mass is 363 g/mol. The third-order valence-corrected chi connectivity index (χ3v) is 4.88. The van der Waals surface area contributed by atoms with Gasteiger partial charge in [0.1, 0.15) is 12.4 Å². The van der Waals surface area contributed by atoms with Crippen LogP contribution in [0.2, 0.25) is 0 Å². The van der Waals surface area contributed by atoms with Gasteiger partial charge in [0.25, 0.3) is 0 Å².